The van der Waals surface area contributed by atoms with Gasteiger partial charge in [-0.25, -0.2) is 5.43 Å². The van der Waals surface area contributed by atoms with E-state index in [-0.39, 0.29) is 5.91 Å². The van der Waals surface area contributed by atoms with Crippen molar-refractivity contribution < 1.29 is 4.79 Å². The minimum Gasteiger partial charge on any atom is -0.318 e. The van der Waals surface area contributed by atoms with Crippen LogP contribution in [0.5, 0.6) is 0 Å². The van der Waals surface area contributed by atoms with Gasteiger partial charge in [-0.1, -0.05) is 54.1 Å². The smallest absolute Gasteiger partial charge is 0.271 e. The third-order valence-electron chi connectivity index (χ3n) is 7.26. The number of amides is 1. The summed E-state index contributed by atoms with van der Waals surface area (Å²) in [5.74, 6) is -0.223. The van der Waals surface area contributed by atoms with Gasteiger partial charge in [0.05, 0.1) is 6.21 Å². The van der Waals surface area contributed by atoms with Gasteiger partial charge in [0.15, 0.2) is 0 Å². The van der Waals surface area contributed by atoms with E-state index in [2.05, 4.69) is 61.3 Å². The summed E-state index contributed by atoms with van der Waals surface area (Å²) in [5.41, 5.74) is 9.93. The van der Waals surface area contributed by atoms with Crippen LogP contribution in [0.1, 0.15) is 38.4 Å². The fourth-order valence-corrected chi connectivity index (χ4v) is 5.22. The Balaban J connectivity index is 1.11. The lowest BCUT2D eigenvalue weighted by atomic mass is 10.1. The Hall–Kier alpha value is -3.71. The molecule has 1 aliphatic rings. The van der Waals surface area contributed by atoms with E-state index in [1.54, 1.807) is 6.21 Å². The Labute approximate surface area is 235 Å². The number of rotatable bonds is 8. The van der Waals surface area contributed by atoms with E-state index >= 15 is 0 Å². The summed E-state index contributed by atoms with van der Waals surface area (Å²) in [6.45, 7) is 10.2. The van der Waals surface area contributed by atoms with Crippen LogP contribution in [0.3, 0.4) is 0 Å². The van der Waals surface area contributed by atoms with Gasteiger partial charge < -0.3 is 4.57 Å². The molecule has 1 amide bonds. The number of aryl methyl sites for hydroxylation is 1. The first-order valence-corrected chi connectivity index (χ1v) is 13.7. The lowest BCUT2D eigenvalue weighted by Gasteiger charge is -2.34. The van der Waals surface area contributed by atoms with Crippen LogP contribution in [0.25, 0.3) is 5.69 Å². The number of nitrogens with one attached hydrogen (secondary N) is 1. The van der Waals surface area contributed by atoms with Gasteiger partial charge in [-0.3, -0.25) is 14.6 Å². The van der Waals surface area contributed by atoms with Gasteiger partial charge in [0.25, 0.3) is 5.91 Å². The number of nitrogens with zero attached hydrogens (tertiary/aromatic N) is 4. The van der Waals surface area contributed by atoms with Gasteiger partial charge in [-0.05, 0) is 67.4 Å². The van der Waals surface area contributed by atoms with E-state index < -0.39 is 0 Å². The minimum atomic E-state index is -0.223. The molecular formula is C32H34ClN5O. The van der Waals surface area contributed by atoms with E-state index in [0.29, 0.717) is 10.6 Å². The van der Waals surface area contributed by atoms with Crippen molar-refractivity contribution in [3.63, 3.8) is 0 Å². The van der Waals surface area contributed by atoms with Crippen LogP contribution >= 0.6 is 11.6 Å². The van der Waals surface area contributed by atoms with Crippen molar-refractivity contribution in [2.75, 3.05) is 26.2 Å². The summed E-state index contributed by atoms with van der Waals surface area (Å²) in [6, 6.07) is 28.2. The maximum Gasteiger partial charge on any atom is 0.271 e. The summed E-state index contributed by atoms with van der Waals surface area (Å²) >= 11 is 6.04. The van der Waals surface area contributed by atoms with Crippen LogP contribution in [0.2, 0.25) is 5.02 Å². The molecule has 6 nitrogen and oxygen atoms in total. The molecule has 4 aromatic rings. The van der Waals surface area contributed by atoms with Gasteiger partial charge >= 0.3 is 0 Å². The molecule has 1 saturated heterocycles. The molecule has 0 spiro atoms. The maximum absolute atomic E-state index is 12.7. The van der Waals surface area contributed by atoms with Gasteiger partial charge in [0.2, 0.25) is 0 Å². The first-order chi connectivity index (χ1) is 19.0. The number of piperazine rings is 1. The molecule has 0 aliphatic carbocycles. The highest BCUT2D eigenvalue weighted by Gasteiger charge is 2.17. The number of halogens is 1. The third kappa shape index (κ3) is 6.84. The standard InChI is InChI=1S/C32H34ClN5O/c1-24-20-29(25(2)38(24)31-14-12-30(33)13-15-31)21-34-35-32(39)28-10-8-27(9-11-28)23-37-18-16-36(17-19-37)22-26-6-4-3-5-7-26/h3-15,20-21H,16-19,22-23H2,1-2H3,(H,35,39)/b34-21-. The minimum absolute atomic E-state index is 0.223. The molecule has 0 saturated carbocycles. The molecule has 0 bridgehead atoms. The zero-order valence-corrected chi connectivity index (χ0v) is 23.2. The Bertz CT molecular complexity index is 1420. The van der Waals surface area contributed by atoms with Gasteiger partial charge in [0.1, 0.15) is 0 Å². The van der Waals surface area contributed by atoms with Crippen molar-refractivity contribution in [1.29, 1.82) is 0 Å². The SMILES string of the molecule is Cc1cc(/C=N\NC(=O)c2ccc(CN3CCN(Cc4ccccc4)CC3)cc2)c(C)n1-c1ccc(Cl)cc1. The molecule has 1 N–H and O–H groups in total. The van der Waals surface area contributed by atoms with Crippen molar-refractivity contribution in [2.24, 2.45) is 5.10 Å². The second-order valence-corrected chi connectivity index (χ2v) is 10.5. The topological polar surface area (TPSA) is 52.9 Å². The normalized spacial score (nSPS) is 14.6. The van der Waals surface area contributed by atoms with E-state index in [1.807, 2.05) is 62.4 Å². The average Bonchev–Trinajstić information content (AvgIpc) is 3.23. The summed E-state index contributed by atoms with van der Waals surface area (Å²) in [7, 11) is 0. The van der Waals surface area contributed by atoms with Crippen molar-refractivity contribution >= 4 is 23.7 Å². The first kappa shape index (κ1) is 26.9. The molecular weight excluding hydrogens is 506 g/mol. The van der Waals surface area contributed by atoms with E-state index in [9.17, 15) is 4.79 Å². The van der Waals surface area contributed by atoms with Gasteiger partial charge in [-0.2, -0.15) is 5.10 Å². The molecule has 3 aromatic carbocycles. The Morgan fingerprint density at radius 3 is 2.05 bits per heavy atom. The molecule has 0 radical (unpaired) electrons. The molecule has 0 atom stereocenters. The Kier molecular flexibility index (Phi) is 8.57. The maximum atomic E-state index is 12.7. The summed E-state index contributed by atoms with van der Waals surface area (Å²) in [4.78, 5) is 17.7. The van der Waals surface area contributed by atoms with Crippen molar-refractivity contribution in [3.05, 3.63) is 124 Å². The summed E-state index contributed by atoms with van der Waals surface area (Å²) in [5, 5.41) is 4.93. The summed E-state index contributed by atoms with van der Waals surface area (Å²) < 4.78 is 2.14. The van der Waals surface area contributed by atoms with Crippen LogP contribution in [0.4, 0.5) is 0 Å². The number of carbonyl (C=O) groups is 1. The van der Waals surface area contributed by atoms with Gasteiger partial charge in [-0.15, -0.1) is 0 Å². The quantitative estimate of drug-likeness (QED) is 0.226. The fraction of sp³-hybridized carbons (Fsp3) is 0.250. The Morgan fingerprint density at radius 1 is 0.846 bits per heavy atom. The predicted molar refractivity (Wildman–Crippen MR) is 159 cm³/mol. The molecule has 5 rings (SSSR count). The first-order valence-electron chi connectivity index (χ1n) is 13.3. The molecule has 1 aromatic heterocycles. The number of aromatic nitrogens is 1. The lowest BCUT2D eigenvalue weighted by molar-refractivity contribution is 0.0955. The summed E-state index contributed by atoms with van der Waals surface area (Å²) in [6.07, 6.45) is 1.69. The predicted octanol–water partition coefficient (Wildman–Crippen LogP) is 5.83. The van der Waals surface area contributed by atoms with E-state index in [0.717, 1.165) is 61.9 Å². The van der Waals surface area contributed by atoms with Crippen LogP contribution in [0, 0.1) is 13.8 Å². The largest absolute Gasteiger partial charge is 0.318 e. The Morgan fingerprint density at radius 2 is 1.44 bits per heavy atom. The number of benzene rings is 3. The number of hydrogen-bond acceptors (Lipinski definition) is 4. The highest BCUT2D eigenvalue weighted by molar-refractivity contribution is 6.30. The highest BCUT2D eigenvalue weighted by atomic mass is 35.5. The zero-order valence-electron chi connectivity index (χ0n) is 22.5. The van der Waals surface area contributed by atoms with Crippen molar-refractivity contribution in [2.45, 2.75) is 26.9 Å². The van der Waals surface area contributed by atoms with E-state index in [4.69, 9.17) is 11.6 Å². The molecule has 200 valence electrons. The fourth-order valence-electron chi connectivity index (χ4n) is 5.10. The van der Waals surface area contributed by atoms with Crippen LogP contribution in [-0.4, -0.2) is 52.7 Å². The van der Waals surface area contributed by atoms with Crippen molar-refractivity contribution in [1.82, 2.24) is 19.8 Å². The molecule has 2 heterocycles. The van der Waals surface area contributed by atoms with Gasteiger partial charge in [0, 0.05) is 72.5 Å². The highest BCUT2D eigenvalue weighted by Crippen LogP contribution is 2.21. The number of hydrazone groups is 1. The third-order valence-corrected chi connectivity index (χ3v) is 7.51. The average molecular weight is 540 g/mol. The zero-order chi connectivity index (χ0) is 27.2. The van der Waals surface area contributed by atoms with Crippen LogP contribution in [-0.2, 0) is 13.1 Å². The molecule has 39 heavy (non-hydrogen) atoms. The van der Waals surface area contributed by atoms with E-state index in [1.165, 1.54) is 11.1 Å². The van der Waals surface area contributed by atoms with Crippen LogP contribution < -0.4 is 5.43 Å². The molecule has 0 unspecified atom stereocenters. The monoisotopic (exact) mass is 539 g/mol. The molecule has 1 aliphatic heterocycles. The number of hydrogen-bond donors (Lipinski definition) is 1. The van der Waals surface area contributed by atoms with Crippen LogP contribution in [0.15, 0.2) is 90.0 Å². The second-order valence-electron chi connectivity index (χ2n) is 10.1. The molecule has 7 heteroatoms. The number of carbonyl (C=O) groups excluding carboxylic acids is 1. The molecule has 1 fully saturated rings. The van der Waals surface area contributed by atoms with Crippen molar-refractivity contribution in [3.8, 4) is 5.69 Å². The lowest BCUT2D eigenvalue weighted by Crippen LogP contribution is -2.45. The second kappa shape index (κ2) is 12.4.